The molecule has 0 fully saturated rings. The van der Waals surface area contributed by atoms with E-state index < -0.39 is 0 Å². The van der Waals surface area contributed by atoms with Crippen LogP contribution < -0.4 is 5.32 Å². The van der Waals surface area contributed by atoms with Crippen molar-refractivity contribution >= 4 is 28.6 Å². The minimum atomic E-state index is 0. The molecule has 1 aromatic rings. The lowest BCUT2D eigenvalue weighted by Crippen LogP contribution is -2.30. The molecule has 1 heterocycles. The largest absolute Gasteiger partial charge is 0.324 e. The Labute approximate surface area is 106 Å². The summed E-state index contributed by atoms with van der Waals surface area (Å²) < 4.78 is 0. The molecule has 5 heteroatoms. The monoisotopic (exact) mass is 285 g/mol. The van der Waals surface area contributed by atoms with Crippen LogP contribution in [-0.2, 0) is 0 Å². The second kappa shape index (κ2) is 5.32. The van der Waals surface area contributed by atoms with Crippen LogP contribution >= 0.6 is 17.0 Å². The molecule has 0 saturated carbocycles. The normalized spacial score (nSPS) is 14.4. The summed E-state index contributed by atoms with van der Waals surface area (Å²) in [4.78, 5) is 4.18. The van der Waals surface area contributed by atoms with Crippen LogP contribution in [0.5, 0.6) is 0 Å². The zero-order valence-electron chi connectivity index (χ0n) is 9.40. The van der Waals surface area contributed by atoms with E-state index in [0.717, 1.165) is 21.9 Å². The number of rotatable bonds is 1. The molecule has 1 aliphatic heterocycles. The average Bonchev–Trinajstić information content (AvgIpc) is 2.58. The van der Waals surface area contributed by atoms with Crippen LogP contribution in [0.15, 0.2) is 23.2 Å². The smallest absolute Gasteiger partial charge is 0.222 e. The molecule has 0 amide bonds. The number of benzene rings is 1. The van der Waals surface area contributed by atoms with Crippen LogP contribution in [0.25, 0.3) is 0 Å². The lowest BCUT2D eigenvalue weighted by atomic mass is 10.1. The highest BCUT2D eigenvalue weighted by molar-refractivity contribution is 8.93. The van der Waals surface area contributed by atoms with E-state index in [4.69, 9.17) is 0 Å². The zero-order chi connectivity index (χ0) is 10.8. The average molecular weight is 286 g/mol. The number of hydroxylamine groups is 2. The van der Waals surface area contributed by atoms with Crippen LogP contribution in [0, 0.1) is 13.8 Å². The molecule has 0 aliphatic carbocycles. The quantitative estimate of drug-likeness (QED) is 0.833. The summed E-state index contributed by atoms with van der Waals surface area (Å²) in [5, 5.41) is 13.8. The summed E-state index contributed by atoms with van der Waals surface area (Å²) in [7, 11) is 0. The maximum atomic E-state index is 9.47. The number of halogens is 1. The maximum Gasteiger partial charge on any atom is 0.222 e. The Morgan fingerprint density at radius 2 is 1.94 bits per heavy atom. The summed E-state index contributed by atoms with van der Waals surface area (Å²) in [6, 6.07) is 6.09. The fraction of sp³-hybridized carbons (Fsp3) is 0.364. The van der Waals surface area contributed by atoms with Gasteiger partial charge in [0.1, 0.15) is 0 Å². The number of para-hydroxylation sites is 1. The number of guanidine groups is 1. The van der Waals surface area contributed by atoms with E-state index in [1.54, 1.807) is 0 Å². The van der Waals surface area contributed by atoms with Gasteiger partial charge in [-0.15, -0.1) is 17.0 Å². The fourth-order valence-corrected chi connectivity index (χ4v) is 1.67. The van der Waals surface area contributed by atoms with Gasteiger partial charge in [-0.3, -0.25) is 5.21 Å². The number of nitrogens with one attached hydrogen (secondary N) is 1. The topological polar surface area (TPSA) is 47.9 Å². The summed E-state index contributed by atoms with van der Waals surface area (Å²) in [6.07, 6.45) is 0. The van der Waals surface area contributed by atoms with Crippen molar-refractivity contribution in [3.63, 3.8) is 0 Å². The van der Waals surface area contributed by atoms with Crippen molar-refractivity contribution in [1.82, 2.24) is 5.06 Å². The number of nitrogens with zero attached hydrogens (tertiary/aromatic N) is 2. The molecule has 16 heavy (non-hydrogen) atoms. The number of hydrogen-bond acceptors (Lipinski definition) is 4. The van der Waals surface area contributed by atoms with Crippen LogP contribution in [-0.4, -0.2) is 29.3 Å². The van der Waals surface area contributed by atoms with Gasteiger partial charge in [0.05, 0.1) is 13.1 Å². The molecule has 0 spiro atoms. The van der Waals surface area contributed by atoms with Crippen LogP contribution in [0.2, 0.25) is 0 Å². The Morgan fingerprint density at radius 1 is 1.31 bits per heavy atom. The summed E-state index contributed by atoms with van der Waals surface area (Å²) in [5.74, 6) is 0.535. The van der Waals surface area contributed by atoms with Gasteiger partial charge < -0.3 is 5.32 Å². The third-order valence-corrected chi connectivity index (χ3v) is 2.54. The number of anilines is 1. The SMILES string of the molecule is Br.Cc1cccc(C)c1NC1=NCCN1O. The minimum Gasteiger partial charge on any atom is -0.324 e. The predicted octanol–water partition coefficient (Wildman–Crippen LogP) is 2.35. The molecule has 0 radical (unpaired) electrons. The number of aliphatic imine (C=N–C) groups is 1. The van der Waals surface area contributed by atoms with Crippen molar-refractivity contribution in [2.45, 2.75) is 13.8 Å². The van der Waals surface area contributed by atoms with Gasteiger partial charge in [0.2, 0.25) is 5.96 Å². The molecule has 4 nitrogen and oxygen atoms in total. The Bertz CT molecular complexity index is 386. The molecule has 2 N–H and O–H groups in total. The molecule has 88 valence electrons. The summed E-state index contributed by atoms with van der Waals surface area (Å²) in [6.45, 7) is 5.27. The Morgan fingerprint density at radius 3 is 2.44 bits per heavy atom. The molecule has 1 aliphatic rings. The van der Waals surface area contributed by atoms with Crippen LogP contribution in [0.1, 0.15) is 11.1 Å². The Kier molecular flexibility index (Phi) is 4.32. The van der Waals surface area contributed by atoms with Gasteiger partial charge in [0.25, 0.3) is 0 Å². The van der Waals surface area contributed by atoms with Crippen molar-refractivity contribution in [2.24, 2.45) is 4.99 Å². The summed E-state index contributed by atoms with van der Waals surface area (Å²) in [5.41, 5.74) is 3.33. The molecular weight excluding hydrogens is 270 g/mol. The van der Waals surface area contributed by atoms with Gasteiger partial charge in [-0.05, 0) is 25.0 Å². The Hall–Kier alpha value is -1.07. The van der Waals surface area contributed by atoms with Gasteiger partial charge in [0.15, 0.2) is 0 Å². The molecular formula is C11H16BrN3O. The lowest BCUT2D eigenvalue weighted by molar-refractivity contribution is -0.00270. The zero-order valence-corrected chi connectivity index (χ0v) is 11.1. The van der Waals surface area contributed by atoms with Crippen molar-refractivity contribution in [3.05, 3.63) is 29.3 Å². The minimum absolute atomic E-state index is 0. The first-order valence-electron chi connectivity index (χ1n) is 5.02. The van der Waals surface area contributed by atoms with Gasteiger partial charge in [-0.25, -0.2) is 10.1 Å². The highest BCUT2D eigenvalue weighted by Gasteiger charge is 2.15. The van der Waals surface area contributed by atoms with Gasteiger partial charge in [-0.2, -0.15) is 0 Å². The maximum absolute atomic E-state index is 9.47. The molecule has 0 bridgehead atoms. The van der Waals surface area contributed by atoms with Crippen molar-refractivity contribution in [2.75, 3.05) is 18.4 Å². The first-order valence-corrected chi connectivity index (χ1v) is 5.02. The van der Waals surface area contributed by atoms with E-state index >= 15 is 0 Å². The molecule has 0 atom stereocenters. The third-order valence-electron chi connectivity index (χ3n) is 2.54. The standard InChI is InChI=1S/C11H15N3O.BrH/c1-8-4-3-5-9(2)10(8)13-11-12-6-7-14(11)15;/h3-5,15H,6-7H2,1-2H3,(H,12,13);1H. The predicted molar refractivity (Wildman–Crippen MR) is 70.7 cm³/mol. The molecule has 0 aromatic heterocycles. The highest BCUT2D eigenvalue weighted by atomic mass is 79.9. The van der Waals surface area contributed by atoms with Crippen molar-refractivity contribution in [3.8, 4) is 0 Å². The van der Waals surface area contributed by atoms with Crippen LogP contribution in [0.3, 0.4) is 0 Å². The van der Waals surface area contributed by atoms with E-state index in [1.807, 2.05) is 32.0 Å². The van der Waals surface area contributed by atoms with Crippen LogP contribution in [0.4, 0.5) is 5.69 Å². The van der Waals surface area contributed by atoms with Gasteiger partial charge in [-0.1, -0.05) is 18.2 Å². The molecule has 0 saturated heterocycles. The van der Waals surface area contributed by atoms with Crippen molar-refractivity contribution in [1.29, 1.82) is 0 Å². The van der Waals surface area contributed by atoms with Crippen molar-refractivity contribution < 1.29 is 5.21 Å². The second-order valence-electron chi connectivity index (χ2n) is 3.72. The third kappa shape index (κ3) is 2.54. The lowest BCUT2D eigenvalue weighted by Gasteiger charge is -2.16. The molecule has 1 aromatic carbocycles. The molecule has 0 unspecified atom stereocenters. The van der Waals surface area contributed by atoms with E-state index in [2.05, 4.69) is 10.3 Å². The van der Waals surface area contributed by atoms with E-state index in [9.17, 15) is 5.21 Å². The fourth-order valence-electron chi connectivity index (χ4n) is 1.67. The Balaban J connectivity index is 0.00000128. The first kappa shape index (κ1) is 13.0. The van der Waals surface area contributed by atoms with E-state index in [1.165, 1.54) is 0 Å². The second-order valence-corrected chi connectivity index (χ2v) is 3.72. The van der Waals surface area contributed by atoms with E-state index in [0.29, 0.717) is 19.0 Å². The number of aryl methyl sites for hydroxylation is 2. The molecule has 2 rings (SSSR count). The van der Waals surface area contributed by atoms with E-state index in [-0.39, 0.29) is 17.0 Å². The summed E-state index contributed by atoms with van der Waals surface area (Å²) >= 11 is 0. The highest BCUT2D eigenvalue weighted by Crippen LogP contribution is 2.20. The first-order chi connectivity index (χ1) is 7.18. The number of hydrogen-bond donors (Lipinski definition) is 2. The van der Waals surface area contributed by atoms with Gasteiger partial charge >= 0.3 is 0 Å². The van der Waals surface area contributed by atoms with Gasteiger partial charge in [0, 0.05) is 5.69 Å².